The molecule has 0 saturated carbocycles. The van der Waals surface area contributed by atoms with Crippen LogP contribution in [-0.4, -0.2) is 84.9 Å². The van der Waals surface area contributed by atoms with Crippen LogP contribution in [0.15, 0.2) is 18.2 Å². The second kappa shape index (κ2) is 13.1. The van der Waals surface area contributed by atoms with Gasteiger partial charge in [0, 0.05) is 45.0 Å². The minimum atomic E-state index is -5.08. The molecule has 0 radical (unpaired) electrons. The van der Waals surface area contributed by atoms with Crippen molar-refractivity contribution >= 4 is 27.6 Å². The highest BCUT2D eigenvalue weighted by Gasteiger charge is 2.38. The van der Waals surface area contributed by atoms with E-state index in [0.29, 0.717) is 49.6 Å². The number of rotatable bonds is 7. The van der Waals surface area contributed by atoms with Crippen molar-refractivity contribution in [3.63, 3.8) is 0 Å². The van der Waals surface area contributed by atoms with E-state index in [2.05, 4.69) is 15.3 Å². The van der Waals surface area contributed by atoms with E-state index in [-0.39, 0.29) is 30.8 Å². The Kier molecular flexibility index (Phi) is 10.2. The number of nitrogens with zero attached hydrogens (tertiary/aromatic N) is 4. The summed E-state index contributed by atoms with van der Waals surface area (Å²) in [5.41, 5.74) is 1.06. The van der Waals surface area contributed by atoms with Crippen molar-refractivity contribution in [1.82, 2.24) is 14.3 Å². The van der Waals surface area contributed by atoms with Crippen molar-refractivity contribution in [2.75, 3.05) is 42.7 Å². The molecule has 2 aliphatic rings. The molecule has 0 unspecified atom stereocenters. The summed E-state index contributed by atoms with van der Waals surface area (Å²) in [6.45, 7) is 0.589. The third kappa shape index (κ3) is 9.04. The molecular weight excluding hydrogens is 591 g/mol. The summed E-state index contributed by atoms with van der Waals surface area (Å²) in [6, 6.07) is 3.14. The summed E-state index contributed by atoms with van der Waals surface area (Å²) in [5, 5.41) is 9.75. The van der Waals surface area contributed by atoms with E-state index in [1.165, 1.54) is 10.4 Å². The summed E-state index contributed by atoms with van der Waals surface area (Å²) in [7, 11) is -3.42. The second-order valence-electron chi connectivity index (χ2n) is 9.09. The Balaban J connectivity index is 0.000000587. The molecule has 0 bridgehead atoms. The van der Waals surface area contributed by atoms with Crippen LogP contribution < -0.4 is 15.0 Å². The van der Waals surface area contributed by atoms with Gasteiger partial charge in [0.15, 0.2) is 23.2 Å². The zero-order valence-electron chi connectivity index (χ0n) is 21.5. The summed E-state index contributed by atoms with van der Waals surface area (Å²) >= 11 is 0. The number of alkyl halides is 5. The zero-order valence-corrected chi connectivity index (χ0v) is 22.3. The van der Waals surface area contributed by atoms with Gasteiger partial charge in [-0.1, -0.05) is 0 Å². The SMILES string of the molecule is CS(=O)(=O)N1CCc2nc(N3CCC(Oc4ccc(F)cc4F)CC3)c(NCC(F)F)nc2C1.O=C(O)C(F)(F)F. The van der Waals surface area contributed by atoms with Gasteiger partial charge in [0.1, 0.15) is 11.9 Å². The first-order valence-corrected chi connectivity index (χ1v) is 13.9. The molecule has 0 amide bonds. The normalized spacial score (nSPS) is 16.6. The monoisotopic (exact) mass is 617 g/mol. The molecule has 2 aromatic rings. The lowest BCUT2D eigenvalue weighted by Crippen LogP contribution is -2.40. The number of anilines is 2. The molecule has 1 saturated heterocycles. The van der Waals surface area contributed by atoms with Gasteiger partial charge in [-0.05, 0) is 12.1 Å². The molecule has 228 valence electrons. The fourth-order valence-electron chi connectivity index (χ4n) is 4.03. The predicted octanol–water partition coefficient (Wildman–Crippen LogP) is 3.43. The number of ether oxygens (including phenoxy) is 1. The lowest BCUT2D eigenvalue weighted by atomic mass is 10.1. The number of piperidine rings is 1. The Morgan fingerprint density at radius 1 is 1.15 bits per heavy atom. The van der Waals surface area contributed by atoms with E-state index < -0.39 is 46.8 Å². The third-order valence-electron chi connectivity index (χ3n) is 6.02. The maximum absolute atomic E-state index is 13.9. The second-order valence-corrected chi connectivity index (χ2v) is 11.1. The quantitative estimate of drug-likeness (QED) is 0.450. The number of hydrogen-bond acceptors (Lipinski definition) is 8. The number of nitrogens with one attached hydrogen (secondary N) is 1. The molecule has 2 aliphatic heterocycles. The molecule has 0 aliphatic carbocycles. The standard InChI is InChI=1S/C21H25F4N5O3S.C2HF3O2/c1-34(31,32)30-9-6-16-17(12-30)27-20(26-11-19(24)25)21(28-16)29-7-4-14(5-8-29)33-18-3-2-13(22)10-15(18)23;3-2(4,5)1(6)7/h2-3,10,14,19H,4-9,11-12H2,1H3,(H,26,27);(H,6,7). The summed E-state index contributed by atoms with van der Waals surface area (Å²) in [4.78, 5) is 19.9. The molecule has 18 heteroatoms. The van der Waals surface area contributed by atoms with Gasteiger partial charge in [-0.15, -0.1) is 0 Å². The molecule has 1 fully saturated rings. The summed E-state index contributed by atoms with van der Waals surface area (Å²) in [6.07, 6.45) is -5.51. The maximum Gasteiger partial charge on any atom is 0.490 e. The largest absolute Gasteiger partial charge is 0.490 e. The smallest absolute Gasteiger partial charge is 0.487 e. The molecular formula is C23H26F7N5O5S. The van der Waals surface area contributed by atoms with Gasteiger partial charge in [0.25, 0.3) is 6.43 Å². The Morgan fingerprint density at radius 2 is 1.78 bits per heavy atom. The van der Waals surface area contributed by atoms with E-state index in [1.807, 2.05) is 4.90 Å². The lowest BCUT2D eigenvalue weighted by Gasteiger charge is -2.35. The Labute approximate surface area is 230 Å². The van der Waals surface area contributed by atoms with Crippen LogP contribution in [0.3, 0.4) is 0 Å². The molecule has 41 heavy (non-hydrogen) atoms. The van der Waals surface area contributed by atoms with E-state index in [4.69, 9.17) is 14.6 Å². The van der Waals surface area contributed by atoms with Crippen LogP contribution in [-0.2, 0) is 27.8 Å². The number of halogens is 7. The number of aliphatic carboxylic acids is 1. The molecule has 3 heterocycles. The van der Waals surface area contributed by atoms with Crippen molar-refractivity contribution < 1.29 is 53.8 Å². The number of carbonyl (C=O) groups is 1. The first-order valence-electron chi connectivity index (χ1n) is 12.1. The summed E-state index contributed by atoms with van der Waals surface area (Å²) < 4.78 is 115. The van der Waals surface area contributed by atoms with Crippen molar-refractivity contribution in [2.24, 2.45) is 0 Å². The van der Waals surface area contributed by atoms with Crippen molar-refractivity contribution in [3.8, 4) is 5.75 Å². The van der Waals surface area contributed by atoms with E-state index in [0.717, 1.165) is 18.4 Å². The Morgan fingerprint density at radius 3 is 2.32 bits per heavy atom. The fraction of sp³-hybridized carbons (Fsp3) is 0.522. The highest BCUT2D eigenvalue weighted by molar-refractivity contribution is 7.88. The minimum Gasteiger partial charge on any atom is -0.487 e. The first-order chi connectivity index (χ1) is 19.0. The van der Waals surface area contributed by atoms with Gasteiger partial charge >= 0.3 is 12.1 Å². The Bertz CT molecular complexity index is 1340. The van der Waals surface area contributed by atoms with Crippen LogP contribution in [0, 0.1) is 11.6 Å². The van der Waals surface area contributed by atoms with Crippen LogP contribution in [0.2, 0.25) is 0 Å². The van der Waals surface area contributed by atoms with Gasteiger partial charge < -0.3 is 20.1 Å². The molecule has 1 aromatic carbocycles. The molecule has 4 rings (SSSR count). The van der Waals surface area contributed by atoms with Gasteiger partial charge in [-0.25, -0.2) is 40.7 Å². The molecule has 0 atom stereocenters. The van der Waals surface area contributed by atoms with Crippen LogP contribution >= 0.6 is 0 Å². The highest BCUT2D eigenvalue weighted by Crippen LogP contribution is 2.31. The average Bonchev–Trinajstić information content (AvgIpc) is 2.88. The first kappa shape index (κ1) is 32.1. The molecule has 0 spiro atoms. The van der Waals surface area contributed by atoms with Crippen LogP contribution in [0.4, 0.5) is 42.4 Å². The number of sulfonamides is 1. The van der Waals surface area contributed by atoms with Gasteiger partial charge in [-0.2, -0.15) is 17.5 Å². The van der Waals surface area contributed by atoms with Crippen LogP contribution in [0.25, 0.3) is 0 Å². The number of carboxylic acids is 1. The number of carboxylic acid groups (broad SMARTS) is 1. The van der Waals surface area contributed by atoms with E-state index in [9.17, 15) is 39.2 Å². The average molecular weight is 618 g/mol. The molecule has 10 nitrogen and oxygen atoms in total. The van der Waals surface area contributed by atoms with Gasteiger partial charge in [0.2, 0.25) is 10.0 Å². The fourth-order valence-corrected chi connectivity index (χ4v) is 4.81. The number of fused-ring (bicyclic) bond motifs is 1. The highest BCUT2D eigenvalue weighted by atomic mass is 32.2. The summed E-state index contributed by atoms with van der Waals surface area (Å²) in [5.74, 6) is -3.66. The minimum absolute atomic E-state index is 0.0249. The third-order valence-corrected chi connectivity index (χ3v) is 7.27. The maximum atomic E-state index is 13.9. The molecule has 1 aromatic heterocycles. The van der Waals surface area contributed by atoms with Crippen molar-refractivity contribution in [2.45, 2.75) is 44.5 Å². The van der Waals surface area contributed by atoms with Gasteiger partial charge in [-0.3, -0.25) is 0 Å². The number of benzene rings is 1. The predicted molar refractivity (Wildman–Crippen MR) is 131 cm³/mol. The van der Waals surface area contributed by atoms with Crippen molar-refractivity contribution in [3.05, 3.63) is 41.2 Å². The molecule has 2 N–H and O–H groups in total. The van der Waals surface area contributed by atoms with E-state index >= 15 is 0 Å². The van der Waals surface area contributed by atoms with Gasteiger partial charge in [0.05, 0.1) is 30.7 Å². The lowest BCUT2D eigenvalue weighted by molar-refractivity contribution is -0.192. The van der Waals surface area contributed by atoms with Crippen LogP contribution in [0.1, 0.15) is 24.2 Å². The Hall–Kier alpha value is -3.41. The zero-order chi connectivity index (χ0) is 30.5. The number of hydrogen-bond donors (Lipinski definition) is 2. The van der Waals surface area contributed by atoms with Crippen molar-refractivity contribution in [1.29, 1.82) is 0 Å². The number of aromatic nitrogens is 2. The van der Waals surface area contributed by atoms with E-state index in [1.54, 1.807) is 0 Å². The van der Waals surface area contributed by atoms with Crippen LogP contribution in [0.5, 0.6) is 5.75 Å². The topological polar surface area (TPSA) is 125 Å².